The number of carbonyl (C=O) groups is 1. The van der Waals surface area contributed by atoms with Gasteiger partial charge in [0, 0.05) is 18.8 Å². The number of benzene rings is 2. The zero-order chi connectivity index (χ0) is 22.9. The summed E-state index contributed by atoms with van der Waals surface area (Å²) in [6, 6.07) is 16.7. The molecule has 32 heavy (non-hydrogen) atoms. The van der Waals surface area contributed by atoms with Gasteiger partial charge >= 0.3 is 0 Å². The molecule has 7 heteroatoms. The highest BCUT2D eigenvalue weighted by Gasteiger charge is 2.12. The lowest BCUT2D eigenvalue weighted by Crippen LogP contribution is -2.27. The molecule has 0 radical (unpaired) electrons. The van der Waals surface area contributed by atoms with E-state index in [1.54, 1.807) is 6.33 Å². The van der Waals surface area contributed by atoms with E-state index in [0.29, 0.717) is 23.4 Å². The standard InChI is InChI=1S/C25H33N5OS/c1-5-29(6-2)16-22-10-8-7-9-21(22)15-26-24(31)17-32-25-28-27-18-30(25)23-13-11-20(12-14-23)19(3)4/h7-14,18-19H,5-6,15-17H2,1-4H3,(H,26,31). The van der Waals surface area contributed by atoms with Crippen LogP contribution < -0.4 is 5.32 Å². The van der Waals surface area contributed by atoms with E-state index in [2.05, 4.69) is 90.6 Å². The Kier molecular flexibility index (Phi) is 8.88. The van der Waals surface area contributed by atoms with Gasteiger partial charge in [-0.15, -0.1) is 10.2 Å². The van der Waals surface area contributed by atoms with Crippen LogP contribution in [0.5, 0.6) is 0 Å². The summed E-state index contributed by atoms with van der Waals surface area (Å²) in [5.41, 5.74) is 4.70. The van der Waals surface area contributed by atoms with Crippen LogP contribution in [0.4, 0.5) is 0 Å². The quantitative estimate of drug-likeness (QED) is 0.430. The average molecular weight is 452 g/mol. The molecule has 0 saturated carbocycles. The second-order valence-corrected chi connectivity index (χ2v) is 8.97. The first-order valence-electron chi connectivity index (χ1n) is 11.2. The number of aromatic nitrogens is 3. The molecule has 1 aromatic heterocycles. The van der Waals surface area contributed by atoms with Crippen LogP contribution in [0.1, 0.15) is 50.3 Å². The van der Waals surface area contributed by atoms with Gasteiger partial charge in [0.1, 0.15) is 6.33 Å². The van der Waals surface area contributed by atoms with Crippen molar-refractivity contribution in [1.29, 1.82) is 0 Å². The van der Waals surface area contributed by atoms with Crippen LogP contribution in [0.15, 0.2) is 60.0 Å². The minimum atomic E-state index is -0.0163. The third-order valence-electron chi connectivity index (χ3n) is 5.57. The highest BCUT2D eigenvalue weighted by Crippen LogP contribution is 2.22. The van der Waals surface area contributed by atoms with Crippen LogP contribution in [0, 0.1) is 0 Å². The molecule has 3 rings (SSSR count). The van der Waals surface area contributed by atoms with Crippen LogP contribution in [-0.4, -0.2) is 44.4 Å². The van der Waals surface area contributed by atoms with Crippen molar-refractivity contribution in [3.05, 3.63) is 71.5 Å². The Morgan fingerprint density at radius 2 is 1.75 bits per heavy atom. The number of rotatable bonds is 11. The van der Waals surface area contributed by atoms with E-state index in [1.165, 1.54) is 22.9 Å². The summed E-state index contributed by atoms with van der Waals surface area (Å²) >= 11 is 1.39. The molecule has 6 nitrogen and oxygen atoms in total. The monoisotopic (exact) mass is 451 g/mol. The Hall–Kier alpha value is -2.64. The van der Waals surface area contributed by atoms with Crippen molar-refractivity contribution in [2.75, 3.05) is 18.8 Å². The Balaban J connectivity index is 1.56. The normalized spacial score (nSPS) is 11.3. The van der Waals surface area contributed by atoms with Gasteiger partial charge in [0.05, 0.1) is 5.75 Å². The maximum atomic E-state index is 12.5. The molecule has 3 aromatic rings. The zero-order valence-electron chi connectivity index (χ0n) is 19.4. The summed E-state index contributed by atoms with van der Waals surface area (Å²) in [6.45, 7) is 12.1. The molecule has 0 aliphatic carbocycles. The molecule has 0 spiro atoms. The second kappa shape index (κ2) is 11.8. The second-order valence-electron chi connectivity index (χ2n) is 8.03. The molecule has 0 unspecified atom stereocenters. The van der Waals surface area contributed by atoms with E-state index < -0.39 is 0 Å². The summed E-state index contributed by atoms with van der Waals surface area (Å²) in [6.07, 6.45) is 1.69. The van der Waals surface area contributed by atoms with Gasteiger partial charge in [0.25, 0.3) is 0 Å². The lowest BCUT2D eigenvalue weighted by atomic mass is 10.0. The lowest BCUT2D eigenvalue weighted by Gasteiger charge is -2.20. The van der Waals surface area contributed by atoms with Gasteiger partial charge in [-0.05, 0) is 47.8 Å². The molecule has 1 amide bonds. The van der Waals surface area contributed by atoms with Gasteiger partial charge in [0.15, 0.2) is 5.16 Å². The van der Waals surface area contributed by atoms with Crippen LogP contribution in [0.25, 0.3) is 5.69 Å². The molecular formula is C25H33N5OS. The summed E-state index contributed by atoms with van der Waals surface area (Å²) < 4.78 is 1.92. The van der Waals surface area contributed by atoms with Crippen molar-refractivity contribution in [2.45, 2.75) is 51.9 Å². The van der Waals surface area contributed by atoms with Crippen molar-refractivity contribution < 1.29 is 4.79 Å². The van der Waals surface area contributed by atoms with Crippen LogP contribution in [0.2, 0.25) is 0 Å². The lowest BCUT2D eigenvalue weighted by molar-refractivity contribution is -0.118. The maximum Gasteiger partial charge on any atom is 0.230 e. The molecule has 0 aliphatic heterocycles. The van der Waals surface area contributed by atoms with E-state index in [0.717, 1.165) is 30.9 Å². The molecule has 0 bridgehead atoms. The molecule has 0 fully saturated rings. The van der Waals surface area contributed by atoms with E-state index in [9.17, 15) is 4.79 Å². The summed E-state index contributed by atoms with van der Waals surface area (Å²) in [5.74, 6) is 0.762. The molecule has 0 atom stereocenters. The SMILES string of the molecule is CCN(CC)Cc1ccccc1CNC(=O)CSc1nncn1-c1ccc(C(C)C)cc1. The van der Waals surface area contributed by atoms with Crippen molar-refractivity contribution in [3.8, 4) is 5.69 Å². The Labute approximate surface area is 195 Å². The highest BCUT2D eigenvalue weighted by molar-refractivity contribution is 7.99. The number of nitrogens with zero attached hydrogens (tertiary/aromatic N) is 4. The Bertz CT molecular complexity index is 996. The summed E-state index contributed by atoms with van der Waals surface area (Å²) in [5, 5.41) is 12.0. The van der Waals surface area contributed by atoms with Gasteiger partial charge in [-0.1, -0.05) is 75.9 Å². The van der Waals surface area contributed by atoms with E-state index >= 15 is 0 Å². The number of thioether (sulfide) groups is 1. The third kappa shape index (κ3) is 6.43. The number of carbonyl (C=O) groups excluding carboxylic acids is 1. The molecule has 1 heterocycles. The van der Waals surface area contributed by atoms with Crippen molar-refractivity contribution in [3.63, 3.8) is 0 Å². The molecule has 0 saturated heterocycles. The molecule has 0 aliphatic rings. The molecule has 170 valence electrons. The Morgan fingerprint density at radius 3 is 2.41 bits per heavy atom. The van der Waals surface area contributed by atoms with Gasteiger partial charge in [0.2, 0.25) is 5.91 Å². The van der Waals surface area contributed by atoms with Crippen LogP contribution >= 0.6 is 11.8 Å². The van der Waals surface area contributed by atoms with Gasteiger partial charge in [-0.25, -0.2) is 0 Å². The van der Waals surface area contributed by atoms with Crippen molar-refractivity contribution in [1.82, 2.24) is 25.0 Å². The largest absolute Gasteiger partial charge is 0.351 e. The minimum Gasteiger partial charge on any atom is -0.351 e. The smallest absolute Gasteiger partial charge is 0.230 e. The maximum absolute atomic E-state index is 12.5. The number of nitrogens with one attached hydrogen (secondary N) is 1. The fraction of sp³-hybridized carbons (Fsp3) is 0.400. The number of hydrogen-bond acceptors (Lipinski definition) is 5. The fourth-order valence-electron chi connectivity index (χ4n) is 3.47. The number of amides is 1. The first-order chi connectivity index (χ1) is 15.5. The van der Waals surface area contributed by atoms with Crippen molar-refractivity contribution in [2.24, 2.45) is 0 Å². The third-order valence-corrected chi connectivity index (χ3v) is 6.51. The van der Waals surface area contributed by atoms with E-state index in [1.807, 2.05) is 10.6 Å². The number of hydrogen-bond donors (Lipinski definition) is 1. The molecule has 1 N–H and O–H groups in total. The molecule has 2 aromatic carbocycles. The first-order valence-corrected chi connectivity index (χ1v) is 12.2. The van der Waals surface area contributed by atoms with Crippen LogP contribution in [0.3, 0.4) is 0 Å². The topological polar surface area (TPSA) is 63.1 Å². The zero-order valence-corrected chi connectivity index (χ0v) is 20.2. The van der Waals surface area contributed by atoms with E-state index in [4.69, 9.17) is 0 Å². The predicted octanol–water partition coefficient (Wildman–Crippen LogP) is 4.64. The first kappa shape index (κ1) is 24.0. The average Bonchev–Trinajstić information content (AvgIpc) is 3.29. The van der Waals surface area contributed by atoms with Crippen molar-refractivity contribution >= 4 is 17.7 Å². The van der Waals surface area contributed by atoms with Gasteiger partial charge in [-0.2, -0.15) is 0 Å². The van der Waals surface area contributed by atoms with Gasteiger partial charge < -0.3 is 5.32 Å². The molecular weight excluding hydrogens is 418 g/mol. The van der Waals surface area contributed by atoms with E-state index in [-0.39, 0.29) is 5.91 Å². The highest BCUT2D eigenvalue weighted by atomic mass is 32.2. The fourth-order valence-corrected chi connectivity index (χ4v) is 4.23. The minimum absolute atomic E-state index is 0.0163. The Morgan fingerprint density at radius 1 is 1.06 bits per heavy atom. The summed E-state index contributed by atoms with van der Waals surface area (Å²) in [4.78, 5) is 14.9. The predicted molar refractivity (Wildman–Crippen MR) is 131 cm³/mol. The van der Waals surface area contributed by atoms with Gasteiger partial charge in [-0.3, -0.25) is 14.3 Å². The van der Waals surface area contributed by atoms with Crippen LogP contribution in [-0.2, 0) is 17.9 Å². The summed E-state index contributed by atoms with van der Waals surface area (Å²) in [7, 11) is 0.